The van der Waals surface area contributed by atoms with Gasteiger partial charge >= 0.3 is 6.03 Å². The minimum Gasteiger partial charge on any atom is -0.490 e. The molecule has 0 fully saturated rings. The van der Waals surface area contributed by atoms with Crippen LogP contribution in [0.3, 0.4) is 0 Å². The Morgan fingerprint density at radius 1 is 1.16 bits per heavy atom. The van der Waals surface area contributed by atoms with Gasteiger partial charge in [-0.3, -0.25) is 9.52 Å². The summed E-state index contributed by atoms with van der Waals surface area (Å²) in [4.78, 5) is 30.6. The number of amides is 3. The molecule has 1 aliphatic heterocycles. The van der Waals surface area contributed by atoms with Crippen LogP contribution in [0.15, 0.2) is 51.9 Å². The normalized spacial score (nSPS) is 20.0. The first-order valence-electron chi connectivity index (χ1n) is 16.3. The molecular weight excluding hydrogens is 674 g/mol. The number of hydrogen-bond acceptors (Lipinski definition) is 9. The number of aliphatic hydroxyl groups is 1. The summed E-state index contributed by atoms with van der Waals surface area (Å²) in [5.74, 6) is 0.0530. The van der Waals surface area contributed by atoms with Gasteiger partial charge in [-0.1, -0.05) is 23.7 Å². The van der Waals surface area contributed by atoms with Crippen LogP contribution in [0.25, 0.3) is 0 Å². The molecule has 1 aliphatic rings. The van der Waals surface area contributed by atoms with Gasteiger partial charge in [0.25, 0.3) is 15.9 Å². The number of ether oxygens (including phenoxy) is 2. The topological polar surface area (TPSA) is 164 Å². The summed E-state index contributed by atoms with van der Waals surface area (Å²) in [6.45, 7) is 9.53. The molecule has 3 aromatic rings. The lowest BCUT2D eigenvalue weighted by Crippen LogP contribution is -2.48. The van der Waals surface area contributed by atoms with Gasteiger partial charge in [-0.2, -0.15) is 0 Å². The van der Waals surface area contributed by atoms with Crippen molar-refractivity contribution in [3.05, 3.63) is 64.5 Å². The van der Waals surface area contributed by atoms with Gasteiger partial charge in [-0.25, -0.2) is 13.2 Å². The van der Waals surface area contributed by atoms with E-state index in [0.29, 0.717) is 40.9 Å². The van der Waals surface area contributed by atoms with Gasteiger partial charge in [-0.05, 0) is 89.4 Å². The first kappa shape index (κ1) is 38.0. The lowest BCUT2D eigenvalue weighted by atomic mass is 10.0. The highest BCUT2D eigenvalue weighted by molar-refractivity contribution is 7.92. The Labute approximate surface area is 292 Å². The van der Waals surface area contributed by atoms with Gasteiger partial charge in [0.1, 0.15) is 17.1 Å². The number of nitrogens with one attached hydrogen (secondary N) is 2. The molecule has 0 aliphatic carbocycles. The summed E-state index contributed by atoms with van der Waals surface area (Å²) in [7, 11) is -2.34. The fourth-order valence-corrected chi connectivity index (χ4v) is 6.67. The molecule has 49 heavy (non-hydrogen) atoms. The van der Waals surface area contributed by atoms with Crippen LogP contribution in [0.4, 0.5) is 16.2 Å². The van der Waals surface area contributed by atoms with E-state index >= 15 is 0 Å². The number of carbonyl (C=O) groups is 2. The van der Waals surface area contributed by atoms with Crippen molar-refractivity contribution < 1.29 is 37.1 Å². The highest BCUT2D eigenvalue weighted by Gasteiger charge is 2.31. The average molecular weight is 720 g/mol. The number of carbonyl (C=O) groups excluding carboxylic acids is 2. The van der Waals surface area contributed by atoms with E-state index in [0.717, 1.165) is 12.8 Å². The maximum absolute atomic E-state index is 14.4. The summed E-state index contributed by atoms with van der Waals surface area (Å²) in [5, 5.41) is 17.4. The Morgan fingerprint density at radius 3 is 2.53 bits per heavy atom. The van der Waals surface area contributed by atoms with Crippen molar-refractivity contribution >= 4 is 44.9 Å². The van der Waals surface area contributed by atoms with E-state index in [4.69, 9.17) is 25.6 Å². The SMILES string of the molecule is Cc1noc(C)c1NC(=O)N(C)C[C@H]1OCCCC[C@H](C)Oc2ccc(NS(=O)(=O)c3ccc(Cl)cc3)cc2C(=O)N([C@H](C)CO)C[C@@H]1C. The molecule has 0 saturated carbocycles. The molecule has 0 saturated heterocycles. The summed E-state index contributed by atoms with van der Waals surface area (Å²) in [6.07, 6.45) is 1.50. The molecule has 1 aromatic heterocycles. The second-order valence-corrected chi connectivity index (χ2v) is 14.7. The number of sulfonamides is 1. The molecule has 2 heterocycles. The van der Waals surface area contributed by atoms with Crippen molar-refractivity contribution in [2.24, 2.45) is 5.92 Å². The van der Waals surface area contributed by atoms with E-state index < -0.39 is 28.1 Å². The summed E-state index contributed by atoms with van der Waals surface area (Å²) in [6, 6.07) is 9.35. The molecule has 13 nitrogen and oxygen atoms in total. The van der Waals surface area contributed by atoms with Crippen LogP contribution in [0.1, 0.15) is 61.8 Å². The minimum atomic E-state index is -4.00. The number of hydrogen-bond donors (Lipinski definition) is 3. The molecule has 2 aromatic carbocycles. The lowest BCUT2D eigenvalue weighted by molar-refractivity contribution is -0.0115. The number of aliphatic hydroxyl groups excluding tert-OH is 1. The number of aryl methyl sites for hydroxylation is 2. The predicted molar refractivity (Wildman–Crippen MR) is 187 cm³/mol. The lowest BCUT2D eigenvalue weighted by Gasteiger charge is -2.35. The van der Waals surface area contributed by atoms with Crippen molar-refractivity contribution in [3.63, 3.8) is 0 Å². The maximum atomic E-state index is 14.4. The number of benzene rings is 2. The highest BCUT2D eigenvalue weighted by Crippen LogP contribution is 2.30. The molecule has 268 valence electrons. The average Bonchev–Trinajstić information content (AvgIpc) is 3.38. The molecule has 0 radical (unpaired) electrons. The van der Waals surface area contributed by atoms with Gasteiger partial charge < -0.3 is 34.2 Å². The number of rotatable bonds is 8. The van der Waals surface area contributed by atoms with Crippen LogP contribution >= 0.6 is 11.6 Å². The van der Waals surface area contributed by atoms with E-state index in [1.165, 1.54) is 40.1 Å². The molecular formula is C34H46ClN5O8S. The second kappa shape index (κ2) is 16.7. The fraction of sp³-hybridized carbons (Fsp3) is 0.500. The smallest absolute Gasteiger partial charge is 0.321 e. The van der Waals surface area contributed by atoms with Gasteiger partial charge in [0.2, 0.25) is 0 Å². The molecule has 4 atom stereocenters. The second-order valence-electron chi connectivity index (χ2n) is 12.6. The number of halogens is 1. The standard InChI is InChI=1S/C34H46ClN5O8S/c1-21-18-40(22(2)20-41)33(42)29-17-27(38-49(44,45)28-13-10-26(35)11-14-28)12-15-30(29)47-23(3)9-7-8-16-46-31(21)19-39(6)34(43)36-32-24(4)37-48-25(32)5/h10-15,17,21-23,31,38,41H,7-9,16,18-20H2,1-6H3,(H,36,43)/t21-,22+,23-,31+/m0/s1. The third kappa shape index (κ3) is 9.87. The van der Waals surface area contributed by atoms with Crippen LogP contribution in [-0.2, 0) is 14.8 Å². The minimum absolute atomic E-state index is 0.00827. The van der Waals surface area contributed by atoms with E-state index in [1.54, 1.807) is 40.0 Å². The Kier molecular flexibility index (Phi) is 12.9. The zero-order chi connectivity index (χ0) is 35.9. The predicted octanol–water partition coefficient (Wildman–Crippen LogP) is 5.71. The highest BCUT2D eigenvalue weighted by atomic mass is 35.5. The number of aromatic nitrogens is 1. The molecule has 3 N–H and O–H groups in total. The largest absolute Gasteiger partial charge is 0.490 e. The fourth-order valence-electron chi connectivity index (χ4n) is 5.49. The van der Waals surface area contributed by atoms with Crippen molar-refractivity contribution in [2.45, 2.75) is 77.0 Å². The molecule has 0 bridgehead atoms. The van der Waals surface area contributed by atoms with E-state index in [2.05, 4.69) is 15.2 Å². The van der Waals surface area contributed by atoms with Crippen LogP contribution in [-0.4, -0.2) is 92.0 Å². The number of fused-ring (bicyclic) bond motifs is 1. The number of urea groups is 1. The zero-order valence-electron chi connectivity index (χ0n) is 28.7. The number of anilines is 2. The Morgan fingerprint density at radius 2 is 1.88 bits per heavy atom. The summed E-state index contributed by atoms with van der Waals surface area (Å²) < 4.78 is 46.7. The third-order valence-electron chi connectivity index (χ3n) is 8.49. The number of nitrogens with zero attached hydrogens (tertiary/aromatic N) is 3. The van der Waals surface area contributed by atoms with Crippen molar-refractivity contribution in [3.8, 4) is 5.75 Å². The Balaban J connectivity index is 1.63. The quantitative estimate of drug-likeness (QED) is 0.265. The van der Waals surface area contributed by atoms with Crippen LogP contribution in [0.5, 0.6) is 5.75 Å². The molecule has 0 spiro atoms. The maximum Gasteiger partial charge on any atom is 0.321 e. The summed E-state index contributed by atoms with van der Waals surface area (Å²) >= 11 is 5.95. The first-order chi connectivity index (χ1) is 23.2. The van der Waals surface area contributed by atoms with Crippen LogP contribution < -0.4 is 14.8 Å². The van der Waals surface area contributed by atoms with E-state index in [1.807, 2.05) is 13.8 Å². The Bertz CT molecular complexity index is 1680. The molecule has 15 heteroatoms. The van der Waals surface area contributed by atoms with Gasteiger partial charge in [0, 0.05) is 43.4 Å². The molecule has 4 rings (SSSR count). The zero-order valence-corrected chi connectivity index (χ0v) is 30.3. The van der Waals surface area contributed by atoms with Crippen molar-refractivity contribution in [1.29, 1.82) is 0 Å². The van der Waals surface area contributed by atoms with Gasteiger partial charge in [0.15, 0.2) is 5.76 Å². The molecule has 0 unspecified atom stereocenters. The first-order valence-corrected chi connectivity index (χ1v) is 18.1. The monoisotopic (exact) mass is 719 g/mol. The van der Waals surface area contributed by atoms with Crippen LogP contribution in [0.2, 0.25) is 5.02 Å². The van der Waals surface area contributed by atoms with E-state index in [-0.39, 0.29) is 53.9 Å². The number of likely N-dealkylation sites (N-methyl/N-ethyl adjacent to an activating group) is 1. The summed E-state index contributed by atoms with van der Waals surface area (Å²) in [5.41, 5.74) is 1.38. The van der Waals surface area contributed by atoms with Crippen LogP contribution in [0, 0.1) is 19.8 Å². The van der Waals surface area contributed by atoms with E-state index in [9.17, 15) is 23.1 Å². The Hall–Kier alpha value is -3.85. The van der Waals surface area contributed by atoms with Gasteiger partial charge in [-0.15, -0.1) is 0 Å². The van der Waals surface area contributed by atoms with Crippen molar-refractivity contribution in [1.82, 2.24) is 15.0 Å². The van der Waals surface area contributed by atoms with Gasteiger partial charge in [0.05, 0.1) is 35.3 Å². The third-order valence-corrected chi connectivity index (χ3v) is 10.1. The molecule has 3 amide bonds. The van der Waals surface area contributed by atoms with Crippen molar-refractivity contribution in [2.75, 3.05) is 43.4 Å².